The largest absolute Gasteiger partial charge is 0.497 e. The van der Waals surface area contributed by atoms with Gasteiger partial charge in [0.1, 0.15) is 10.7 Å². The number of thiocarbonyl (C=S) groups is 1. The van der Waals surface area contributed by atoms with E-state index in [2.05, 4.69) is 48.2 Å². The zero-order valence-corrected chi connectivity index (χ0v) is 13.2. The molecule has 0 saturated carbocycles. The van der Waals surface area contributed by atoms with Crippen molar-refractivity contribution in [3.8, 4) is 5.75 Å². The molecule has 0 saturated heterocycles. The monoisotopic (exact) mass is 297 g/mol. The van der Waals surface area contributed by atoms with Crippen LogP contribution in [0.15, 0.2) is 48.5 Å². The maximum atomic E-state index is 5.63. The number of hydrogen-bond acceptors (Lipinski definition) is 2. The van der Waals surface area contributed by atoms with Crippen molar-refractivity contribution in [1.82, 2.24) is 4.90 Å². The Kier molecular flexibility index (Phi) is 3.93. The summed E-state index contributed by atoms with van der Waals surface area (Å²) < 4.78 is 5.25. The first-order valence-electron chi connectivity index (χ1n) is 7.26. The lowest BCUT2D eigenvalue weighted by Crippen LogP contribution is -2.39. The van der Waals surface area contributed by atoms with Crippen molar-refractivity contribution < 1.29 is 4.74 Å². The van der Waals surface area contributed by atoms with Crippen LogP contribution < -0.4 is 4.74 Å². The molecule has 1 unspecified atom stereocenters. The van der Waals surface area contributed by atoms with Gasteiger partial charge < -0.3 is 9.64 Å². The van der Waals surface area contributed by atoms with Gasteiger partial charge in [0.05, 0.1) is 7.11 Å². The van der Waals surface area contributed by atoms with E-state index in [1.165, 1.54) is 16.7 Å². The molecule has 2 aromatic rings. The van der Waals surface area contributed by atoms with Crippen LogP contribution in [0, 0.1) is 0 Å². The van der Waals surface area contributed by atoms with Gasteiger partial charge in [-0.2, -0.15) is 0 Å². The van der Waals surface area contributed by atoms with Gasteiger partial charge in [0, 0.05) is 24.6 Å². The molecule has 2 aromatic carbocycles. The lowest BCUT2D eigenvalue weighted by Gasteiger charge is -2.36. The molecule has 108 valence electrons. The van der Waals surface area contributed by atoms with Gasteiger partial charge in [-0.1, -0.05) is 48.6 Å². The van der Waals surface area contributed by atoms with Crippen molar-refractivity contribution in [2.75, 3.05) is 20.2 Å². The average Bonchev–Trinajstić information content (AvgIpc) is 2.56. The fourth-order valence-electron chi connectivity index (χ4n) is 2.96. The molecular weight excluding hydrogens is 278 g/mol. The number of ether oxygens (including phenoxy) is 1. The lowest BCUT2D eigenvalue weighted by molar-refractivity contribution is 0.411. The first-order chi connectivity index (χ1) is 10.2. The van der Waals surface area contributed by atoms with E-state index in [4.69, 9.17) is 17.0 Å². The van der Waals surface area contributed by atoms with Gasteiger partial charge >= 0.3 is 0 Å². The molecule has 1 aliphatic rings. The zero-order valence-electron chi connectivity index (χ0n) is 12.4. The molecule has 0 N–H and O–H groups in total. The number of methoxy groups -OCH3 is 1. The molecule has 0 aliphatic carbocycles. The highest BCUT2D eigenvalue weighted by atomic mass is 32.1. The third-order valence-electron chi connectivity index (χ3n) is 4.16. The zero-order chi connectivity index (χ0) is 14.8. The molecule has 0 radical (unpaired) electrons. The summed E-state index contributed by atoms with van der Waals surface area (Å²) in [6, 6.07) is 16.9. The van der Waals surface area contributed by atoms with Crippen LogP contribution in [0.4, 0.5) is 0 Å². The minimum atomic E-state index is 0.360. The van der Waals surface area contributed by atoms with Gasteiger partial charge in [-0.15, -0.1) is 0 Å². The van der Waals surface area contributed by atoms with Crippen LogP contribution in [0.25, 0.3) is 0 Å². The molecule has 1 atom stereocenters. The maximum absolute atomic E-state index is 5.63. The lowest BCUT2D eigenvalue weighted by atomic mass is 9.84. The van der Waals surface area contributed by atoms with Gasteiger partial charge in [0.25, 0.3) is 0 Å². The highest BCUT2D eigenvalue weighted by molar-refractivity contribution is 7.80. The second-order valence-corrected chi connectivity index (χ2v) is 5.64. The summed E-state index contributed by atoms with van der Waals surface area (Å²) in [7, 11) is 1.70. The molecule has 0 fully saturated rings. The van der Waals surface area contributed by atoms with Crippen molar-refractivity contribution >= 4 is 17.2 Å². The Hall–Kier alpha value is -1.87. The van der Waals surface area contributed by atoms with E-state index in [-0.39, 0.29) is 0 Å². The summed E-state index contributed by atoms with van der Waals surface area (Å²) in [5, 5.41) is 0. The van der Waals surface area contributed by atoms with E-state index in [1.54, 1.807) is 7.11 Å². The number of fused-ring (bicyclic) bond motifs is 1. The molecule has 2 nitrogen and oxygen atoms in total. The van der Waals surface area contributed by atoms with Crippen LogP contribution in [-0.4, -0.2) is 30.1 Å². The van der Waals surface area contributed by atoms with Crippen LogP contribution in [0.2, 0.25) is 0 Å². The first-order valence-corrected chi connectivity index (χ1v) is 7.67. The molecule has 3 rings (SSSR count). The van der Waals surface area contributed by atoms with Gasteiger partial charge in [-0.05, 0) is 30.2 Å². The van der Waals surface area contributed by atoms with Gasteiger partial charge in [0.15, 0.2) is 0 Å². The van der Waals surface area contributed by atoms with Crippen molar-refractivity contribution in [2.45, 2.75) is 12.8 Å². The third-order valence-corrected chi connectivity index (χ3v) is 4.63. The van der Waals surface area contributed by atoms with E-state index >= 15 is 0 Å². The predicted molar refractivity (Wildman–Crippen MR) is 90.2 cm³/mol. The van der Waals surface area contributed by atoms with E-state index < -0.39 is 0 Å². The van der Waals surface area contributed by atoms with Crippen molar-refractivity contribution in [3.05, 3.63) is 65.2 Å². The normalized spacial score (nSPS) is 17.5. The standard InChI is InChI=1S/C18H19NOS/c1-3-19-12-17(13-8-10-14(20-2)11-9-13)15-6-4-5-7-16(15)18(19)21/h4-11,17H,3,12H2,1-2H3. The molecule has 0 bridgehead atoms. The quantitative estimate of drug-likeness (QED) is 0.799. The van der Waals surface area contributed by atoms with Crippen LogP contribution in [0.1, 0.15) is 29.5 Å². The summed E-state index contributed by atoms with van der Waals surface area (Å²) in [5.74, 6) is 1.25. The van der Waals surface area contributed by atoms with Crippen molar-refractivity contribution in [1.29, 1.82) is 0 Å². The molecule has 0 amide bonds. The Labute approximate surface area is 131 Å². The summed E-state index contributed by atoms with van der Waals surface area (Å²) in [4.78, 5) is 3.25. The van der Waals surface area contributed by atoms with E-state index in [0.29, 0.717) is 5.92 Å². The van der Waals surface area contributed by atoms with Gasteiger partial charge in [0.2, 0.25) is 0 Å². The Morgan fingerprint density at radius 2 is 1.86 bits per heavy atom. The average molecular weight is 297 g/mol. The van der Waals surface area contributed by atoms with Crippen LogP contribution in [-0.2, 0) is 0 Å². The minimum Gasteiger partial charge on any atom is -0.497 e. The second kappa shape index (κ2) is 5.86. The van der Waals surface area contributed by atoms with Gasteiger partial charge in [-0.25, -0.2) is 0 Å². The number of likely N-dealkylation sites (N-methyl/N-ethyl adjacent to an activating group) is 1. The Balaban J connectivity index is 2.04. The third kappa shape index (κ3) is 2.54. The maximum Gasteiger partial charge on any atom is 0.118 e. The van der Waals surface area contributed by atoms with Gasteiger partial charge in [-0.3, -0.25) is 0 Å². The highest BCUT2D eigenvalue weighted by Gasteiger charge is 2.28. The molecule has 3 heteroatoms. The molecule has 0 spiro atoms. The number of rotatable bonds is 3. The van der Waals surface area contributed by atoms with E-state index in [9.17, 15) is 0 Å². The minimum absolute atomic E-state index is 0.360. The molecule has 1 heterocycles. The Bertz CT molecular complexity index is 651. The topological polar surface area (TPSA) is 12.5 Å². The number of nitrogens with zero attached hydrogens (tertiary/aromatic N) is 1. The SMILES string of the molecule is CCN1CC(c2ccc(OC)cc2)c2ccccc2C1=S. The molecular formula is C18H19NOS. The fourth-order valence-corrected chi connectivity index (χ4v) is 3.35. The van der Waals surface area contributed by atoms with Crippen LogP contribution in [0.5, 0.6) is 5.75 Å². The summed E-state index contributed by atoms with van der Waals surface area (Å²) in [5.41, 5.74) is 3.84. The first kappa shape index (κ1) is 14.1. The van der Waals surface area contributed by atoms with Crippen molar-refractivity contribution in [3.63, 3.8) is 0 Å². The smallest absolute Gasteiger partial charge is 0.118 e. The van der Waals surface area contributed by atoms with Crippen molar-refractivity contribution in [2.24, 2.45) is 0 Å². The van der Waals surface area contributed by atoms with E-state index in [0.717, 1.165) is 23.8 Å². The highest BCUT2D eigenvalue weighted by Crippen LogP contribution is 2.34. The summed E-state index contributed by atoms with van der Waals surface area (Å²) in [6.07, 6.45) is 0. The summed E-state index contributed by atoms with van der Waals surface area (Å²) in [6.45, 7) is 4.05. The predicted octanol–water partition coefficient (Wildman–Crippen LogP) is 3.84. The van der Waals surface area contributed by atoms with E-state index in [1.807, 2.05) is 12.1 Å². The number of hydrogen-bond donors (Lipinski definition) is 0. The molecule has 1 aliphatic heterocycles. The summed E-state index contributed by atoms with van der Waals surface area (Å²) >= 11 is 5.63. The Morgan fingerprint density at radius 1 is 1.14 bits per heavy atom. The second-order valence-electron chi connectivity index (χ2n) is 5.26. The molecule has 21 heavy (non-hydrogen) atoms. The van der Waals surface area contributed by atoms with Crippen LogP contribution in [0.3, 0.4) is 0 Å². The molecule has 0 aromatic heterocycles. The fraction of sp³-hybridized carbons (Fsp3) is 0.278. The number of benzene rings is 2. The Morgan fingerprint density at radius 3 is 2.52 bits per heavy atom. The van der Waals surface area contributed by atoms with Crippen LogP contribution >= 0.6 is 12.2 Å².